The quantitative estimate of drug-likeness (QED) is 0.677. The van der Waals surface area contributed by atoms with Gasteiger partial charge in [-0.1, -0.05) is 66.7 Å². The molecular weight excluding hydrogens is 343 g/mol. The summed E-state index contributed by atoms with van der Waals surface area (Å²) in [5, 5.41) is 5.18. The number of amides is 2. The highest BCUT2D eigenvalue weighted by atomic mass is 16.7. The van der Waals surface area contributed by atoms with Gasteiger partial charge in [-0.15, -0.1) is 0 Å². The highest BCUT2D eigenvalue weighted by Crippen LogP contribution is 2.08. The van der Waals surface area contributed by atoms with E-state index >= 15 is 0 Å². The second-order valence-corrected chi connectivity index (χ2v) is 5.54. The van der Waals surface area contributed by atoms with Gasteiger partial charge in [0.1, 0.15) is 0 Å². The first-order valence-electron chi connectivity index (χ1n) is 8.31. The number of benzene rings is 3. The molecular formula is C20H17BN2O4. The summed E-state index contributed by atoms with van der Waals surface area (Å²) in [5.41, 5.74) is 1.68. The maximum Gasteiger partial charge on any atom is 0.639 e. The highest BCUT2D eigenvalue weighted by Gasteiger charge is 2.30. The number of carbonyl (C=O) groups is 2. The fraction of sp³-hybridized carbons (Fsp3) is 0. The monoisotopic (exact) mass is 360 g/mol. The summed E-state index contributed by atoms with van der Waals surface area (Å²) in [6.45, 7) is 0. The van der Waals surface area contributed by atoms with Gasteiger partial charge in [-0.3, -0.25) is 10.6 Å². The lowest BCUT2D eigenvalue weighted by atomic mass is 9.79. The van der Waals surface area contributed by atoms with Crippen LogP contribution in [0.5, 0.6) is 0 Å². The molecule has 7 heteroatoms. The molecule has 27 heavy (non-hydrogen) atoms. The Kier molecular flexibility index (Phi) is 6.09. The number of anilines is 2. The lowest BCUT2D eigenvalue weighted by molar-refractivity contribution is 0.190. The zero-order chi connectivity index (χ0) is 18.9. The van der Waals surface area contributed by atoms with Crippen molar-refractivity contribution >= 4 is 36.1 Å². The molecule has 2 amide bonds. The predicted molar refractivity (Wildman–Crippen MR) is 105 cm³/mol. The van der Waals surface area contributed by atoms with E-state index in [1.165, 1.54) is 0 Å². The minimum Gasteiger partial charge on any atom is -0.478 e. The molecule has 2 N–H and O–H groups in total. The van der Waals surface area contributed by atoms with Gasteiger partial charge >= 0.3 is 19.3 Å². The van der Waals surface area contributed by atoms with Crippen molar-refractivity contribution < 1.29 is 18.9 Å². The summed E-state index contributed by atoms with van der Waals surface area (Å²) in [5.74, 6) is 0. The van der Waals surface area contributed by atoms with E-state index in [0.717, 1.165) is 0 Å². The van der Waals surface area contributed by atoms with Crippen LogP contribution in [0.1, 0.15) is 0 Å². The predicted octanol–water partition coefficient (Wildman–Crippen LogP) is 3.88. The summed E-state index contributed by atoms with van der Waals surface area (Å²) in [6, 6.07) is 26.5. The minimum absolute atomic E-state index is 0.531. The van der Waals surface area contributed by atoms with Gasteiger partial charge in [0, 0.05) is 16.8 Å². The van der Waals surface area contributed by atoms with E-state index in [2.05, 4.69) is 10.6 Å². The van der Waals surface area contributed by atoms with Crippen molar-refractivity contribution in [2.75, 3.05) is 10.6 Å². The molecule has 0 aliphatic heterocycles. The fourth-order valence-corrected chi connectivity index (χ4v) is 2.30. The largest absolute Gasteiger partial charge is 0.639 e. The van der Waals surface area contributed by atoms with Crippen LogP contribution in [0, 0.1) is 0 Å². The average Bonchev–Trinajstić information content (AvgIpc) is 2.69. The lowest BCUT2D eigenvalue weighted by Gasteiger charge is -2.15. The van der Waals surface area contributed by atoms with Gasteiger partial charge in [0.25, 0.3) is 0 Å². The van der Waals surface area contributed by atoms with E-state index < -0.39 is 19.3 Å². The normalized spacial score (nSPS) is 9.78. The number of para-hydroxylation sites is 2. The van der Waals surface area contributed by atoms with Crippen molar-refractivity contribution in [3.05, 3.63) is 91.0 Å². The smallest absolute Gasteiger partial charge is 0.478 e. The van der Waals surface area contributed by atoms with Gasteiger partial charge in [-0.2, -0.15) is 0 Å². The van der Waals surface area contributed by atoms with Crippen LogP contribution in [0.25, 0.3) is 0 Å². The number of rotatable bonds is 5. The van der Waals surface area contributed by atoms with E-state index in [1.807, 2.05) is 18.2 Å². The number of nitrogens with one attached hydrogen (secondary N) is 2. The molecule has 0 saturated heterocycles. The summed E-state index contributed by atoms with van der Waals surface area (Å²) in [7, 11) is -1.20. The van der Waals surface area contributed by atoms with E-state index in [4.69, 9.17) is 9.31 Å². The van der Waals surface area contributed by atoms with Gasteiger partial charge in [0.2, 0.25) is 0 Å². The van der Waals surface area contributed by atoms with Gasteiger partial charge in [-0.25, -0.2) is 9.59 Å². The maximum absolute atomic E-state index is 12.2. The molecule has 0 heterocycles. The highest BCUT2D eigenvalue weighted by molar-refractivity contribution is 6.64. The van der Waals surface area contributed by atoms with Crippen molar-refractivity contribution in [2.45, 2.75) is 0 Å². The molecule has 0 aliphatic carbocycles. The van der Waals surface area contributed by atoms with Crippen LogP contribution in [0.15, 0.2) is 91.0 Å². The van der Waals surface area contributed by atoms with E-state index in [-0.39, 0.29) is 0 Å². The van der Waals surface area contributed by atoms with Crippen LogP contribution in [0.2, 0.25) is 0 Å². The van der Waals surface area contributed by atoms with Gasteiger partial charge < -0.3 is 9.31 Å². The molecule has 0 spiro atoms. The molecule has 0 radical (unpaired) electrons. The van der Waals surface area contributed by atoms with E-state index in [0.29, 0.717) is 16.8 Å². The van der Waals surface area contributed by atoms with Crippen LogP contribution in [0.4, 0.5) is 21.0 Å². The average molecular weight is 360 g/mol. The Morgan fingerprint density at radius 3 is 1.37 bits per heavy atom. The van der Waals surface area contributed by atoms with Crippen molar-refractivity contribution in [2.24, 2.45) is 0 Å². The van der Waals surface area contributed by atoms with Crippen molar-refractivity contribution in [3.8, 4) is 0 Å². The third-order valence-corrected chi connectivity index (χ3v) is 3.54. The Bertz CT molecular complexity index is 821. The van der Waals surface area contributed by atoms with Crippen LogP contribution < -0.4 is 16.1 Å². The molecule has 0 aliphatic rings. The molecule has 3 aromatic carbocycles. The first-order valence-corrected chi connectivity index (χ1v) is 8.31. The van der Waals surface area contributed by atoms with Gasteiger partial charge in [-0.05, 0) is 24.3 Å². The summed E-state index contributed by atoms with van der Waals surface area (Å²) >= 11 is 0. The van der Waals surface area contributed by atoms with Crippen LogP contribution >= 0.6 is 0 Å². The van der Waals surface area contributed by atoms with Crippen molar-refractivity contribution in [1.82, 2.24) is 0 Å². The van der Waals surface area contributed by atoms with Crippen molar-refractivity contribution in [3.63, 3.8) is 0 Å². The molecule has 3 rings (SSSR count). The molecule has 6 nitrogen and oxygen atoms in total. The van der Waals surface area contributed by atoms with E-state index in [9.17, 15) is 9.59 Å². The zero-order valence-corrected chi connectivity index (χ0v) is 14.4. The zero-order valence-electron chi connectivity index (χ0n) is 14.4. The third kappa shape index (κ3) is 5.64. The third-order valence-electron chi connectivity index (χ3n) is 3.54. The Morgan fingerprint density at radius 2 is 0.963 bits per heavy atom. The number of hydrogen-bond acceptors (Lipinski definition) is 4. The van der Waals surface area contributed by atoms with Crippen LogP contribution in [-0.4, -0.2) is 19.3 Å². The Hall–Kier alpha value is -3.74. The molecule has 0 unspecified atom stereocenters. The second-order valence-electron chi connectivity index (χ2n) is 5.54. The number of carbonyl (C=O) groups excluding carboxylic acids is 2. The number of hydrogen-bond donors (Lipinski definition) is 2. The molecule has 0 fully saturated rings. The molecule has 0 atom stereocenters. The summed E-state index contributed by atoms with van der Waals surface area (Å²) in [6.07, 6.45) is -1.47. The first kappa shape index (κ1) is 18.1. The van der Waals surface area contributed by atoms with Crippen LogP contribution in [-0.2, 0) is 9.31 Å². The standard InChI is InChI=1S/C20H17BN2O4/c24-19(22-17-12-6-2-7-13-17)26-21(16-10-4-1-5-11-16)27-20(25)23-18-14-8-3-9-15-18/h1-15H,(H,22,24)(H,23,25). The fourth-order valence-electron chi connectivity index (χ4n) is 2.30. The van der Waals surface area contributed by atoms with E-state index in [1.54, 1.807) is 72.8 Å². The molecule has 134 valence electrons. The second kappa shape index (κ2) is 9.10. The molecule has 0 saturated carbocycles. The lowest BCUT2D eigenvalue weighted by Crippen LogP contribution is -2.42. The van der Waals surface area contributed by atoms with Gasteiger partial charge in [0.15, 0.2) is 0 Å². The molecule has 0 aromatic heterocycles. The SMILES string of the molecule is O=C(Nc1ccccc1)OB(OC(=O)Nc1ccccc1)c1ccccc1. The topological polar surface area (TPSA) is 76.7 Å². The van der Waals surface area contributed by atoms with Gasteiger partial charge in [0.05, 0.1) is 0 Å². The molecule has 0 bridgehead atoms. The van der Waals surface area contributed by atoms with Crippen LogP contribution in [0.3, 0.4) is 0 Å². The first-order chi connectivity index (χ1) is 13.2. The molecule has 3 aromatic rings. The summed E-state index contributed by atoms with van der Waals surface area (Å²) < 4.78 is 10.6. The Morgan fingerprint density at radius 1 is 0.593 bits per heavy atom. The summed E-state index contributed by atoms with van der Waals surface area (Å²) in [4.78, 5) is 24.4. The van der Waals surface area contributed by atoms with Crippen molar-refractivity contribution in [1.29, 1.82) is 0 Å². The Balaban J connectivity index is 1.67. The minimum atomic E-state index is -1.20. The maximum atomic E-state index is 12.2. The Labute approximate surface area is 157 Å².